The molecule has 0 bridgehead atoms. The van der Waals surface area contributed by atoms with Gasteiger partial charge in [-0.2, -0.15) is 0 Å². The Morgan fingerprint density at radius 2 is 0.960 bits per heavy atom. The van der Waals surface area contributed by atoms with Crippen LogP contribution in [0.1, 0.15) is 0 Å². The van der Waals surface area contributed by atoms with Crippen LogP contribution in [0.15, 0.2) is 168 Å². The maximum atomic E-state index is 6.37. The predicted octanol–water partition coefficient (Wildman–Crippen LogP) is 14.6. The van der Waals surface area contributed by atoms with Gasteiger partial charge in [0.2, 0.25) is 0 Å². The third-order valence-electron chi connectivity index (χ3n) is 10.1. The van der Waals surface area contributed by atoms with Crippen molar-refractivity contribution in [1.29, 1.82) is 0 Å². The molecule has 50 heavy (non-hydrogen) atoms. The lowest BCUT2D eigenvalue weighted by Crippen LogP contribution is -2.09. The van der Waals surface area contributed by atoms with Gasteiger partial charge in [0.1, 0.15) is 11.2 Å². The van der Waals surface area contributed by atoms with Crippen LogP contribution in [0, 0.1) is 0 Å². The van der Waals surface area contributed by atoms with Crippen LogP contribution >= 0.6 is 22.7 Å². The zero-order chi connectivity index (χ0) is 32.8. The number of anilines is 3. The number of hydrogen-bond acceptors (Lipinski definition) is 4. The first-order valence-corrected chi connectivity index (χ1v) is 18.5. The largest absolute Gasteiger partial charge is 0.456 e. The molecule has 11 aromatic rings. The van der Waals surface area contributed by atoms with Gasteiger partial charge in [0, 0.05) is 79.6 Å². The summed E-state index contributed by atoms with van der Waals surface area (Å²) >= 11 is 3.73. The zero-order valence-electron chi connectivity index (χ0n) is 26.8. The van der Waals surface area contributed by atoms with E-state index in [1.807, 2.05) is 34.8 Å². The SMILES string of the molecule is c1ccc2c(c1)oc1cc(N(c3ccc(-c4ccc5ccc6c7ccccc7sc6c5c4)cc3)c3ccc4sc5ccccc5c4c3)ccc12. The second-order valence-electron chi connectivity index (χ2n) is 12.9. The minimum Gasteiger partial charge on any atom is -0.456 e. The van der Waals surface area contributed by atoms with Gasteiger partial charge in [-0.25, -0.2) is 0 Å². The highest BCUT2D eigenvalue weighted by Crippen LogP contribution is 2.43. The van der Waals surface area contributed by atoms with Crippen molar-refractivity contribution in [2.24, 2.45) is 0 Å². The highest BCUT2D eigenvalue weighted by atomic mass is 32.1. The van der Waals surface area contributed by atoms with E-state index in [9.17, 15) is 0 Å². The number of para-hydroxylation sites is 1. The molecule has 0 aliphatic heterocycles. The monoisotopic (exact) mass is 673 g/mol. The number of hydrogen-bond donors (Lipinski definition) is 0. The van der Waals surface area contributed by atoms with Crippen molar-refractivity contribution in [3.8, 4) is 11.1 Å². The Balaban J connectivity index is 1.06. The molecule has 0 atom stereocenters. The van der Waals surface area contributed by atoms with E-state index in [2.05, 4.69) is 157 Å². The molecule has 234 valence electrons. The minimum absolute atomic E-state index is 0.885. The third kappa shape index (κ3) is 4.26. The topological polar surface area (TPSA) is 16.4 Å². The van der Waals surface area contributed by atoms with Gasteiger partial charge in [-0.3, -0.25) is 0 Å². The minimum atomic E-state index is 0.885. The van der Waals surface area contributed by atoms with Crippen LogP contribution < -0.4 is 4.90 Å². The number of thiophene rings is 2. The van der Waals surface area contributed by atoms with Gasteiger partial charge in [0.15, 0.2) is 0 Å². The van der Waals surface area contributed by atoms with Crippen LogP contribution in [-0.2, 0) is 0 Å². The normalized spacial score (nSPS) is 12.0. The lowest BCUT2D eigenvalue weighted by atomic mass is 9.99. The summed E-state index contributed by atoms with van der Waals surface area (Å²) in [7, 11) is 0. The summed E-state index contributed by atoms with van der Waals surface area (Å²) in [4.78, 5) is 2.35. The molecule has 0 aliphatic rings. The van der Waals surface area contributed by atoms with E-state index in [4.69, 9.17) is 4.42 Å². The van der Waals surface area contributed by atoms with Crippen molar-refractivity contribution >= 4 is 113 Å². The molecule has 0 unspecified atom stereocenters. The van der Waals surface area contributed by atoms with Crippen molar-refractivity contribution in [2.45, 2.75) is 0 Å². The molecule has 3 heterocycles. The fourth-order valence-electron chi connectivity index (χ4n) is 7.64. The lowest BCUT2D eigenvalue weighted by molar-refractivity contribution is 0.669. The molecule has 0 N–H and O–H groups in total. The summed E-state index contributed by atoms with van der Waals surface area (Å²) in [6, 6.07) is 59.5. The molecule has 0 spiro atoms. The molecule has 0 fully saturated rings. The Hall–Kier alpha value is -5.94. The highest BCUT2D eigenvalue weighted by molar-refractivity contribution is 7.26. The van der Waals surface area contributed by atoms with Crippen LogP contribution in [0.3, 0.4) is 0 Å². The Labute approximate surface area is 295 Å². The van der Waals surface area contributed by atoms with Gasteiger partial charge >= 0.3 is 0 Å². The van der Waals surface area contributed by atoms with Crippen molar-refractivity contribution in [3.05, 3.63) is 164 Å². The summed E-state index contributed by atoms with van der Waals surface area (Å²) < 4.78 is 11.7. The smallest absolute Gasteiger partial charge is 0.137 e. The number of furan rings is 1. The molecule has 0 amide bonds. The Morgan fingerprint density at radius 1 is 0.360 bits per heavy atom. The van der Waals surface area contributed by atoms with Gasteiger partial charge in [-0.1, -0.05) is 91.0 Å². The Bertz CT molecular complexity index is 3110. The Morgan fingerprint density at radius 3 is 1.82 bits per heavy atom. The maximum absolute atomic E-state index is 6.37. The number of rotatable bonds is 4. The average molecular weight is 674 g/mol. The van der Waals surface area contributed by atoms with E-state index in [0.717, 1.165) is 39.0 Å². The van der Waals surface area contributed by atoms with Crippen LogP contribution in [0.5, 0.6) is 0 Å². The van der Waals surface area contributed by atoms with E-state index in [1.54, 1.807) is 0 Å². The molecule has 4 heteroatoms. The standard InChI is InChI=1S/C46H27NOS2/c1-4-10-41-34(7-1)35-23-20-33(27-42(35)48-41)47(32-21-24-45-40(26-32)37-9-3-5-11-43(37)49-45)31-18-15-28(16-19-31)30-14-13-29-17-22-38-36-8-2-6-12-44(36)50-46(38)39(29)25-30/h1-27H. The second kappa shape index (κ2) is 10.8. The molecular formula is C46H27NOS2. The summed E-state index contributed by atoms with van der Waals surface area (Å²) in [6.45, 7) is 0. The van der Waals surface area contributed by atoms with Crippen LogP contribution in [-0.4, -0.2) is 0 Å². The van der Waals surface area contributed by atoms with E-state index in [0.29, 0.717) is 0 Å². The molecular weight excluding hydrogens is 647 g/mol. The van der Waals surface area contributed by atoms with Crippen molar-refractivity contribution in [1.82, 2.24) is 0 Å². The van der Waals surface area contributed by atoms with E-state index >= 15 is 0 Å². The number of benzene rings is 8. The first-order chi connectivity index (χ1) is 24.7. The second-order valence-corrected chi connectivity index (χ2v) is 15.1. The fraction of sp³-hybridized carbons (Fsp3) is 0. The number of nitrogens with zero attached hydrogens (tertiary/aromatic N) is 1. The molecule has 0 saturated carbocycles. The fourth-order valence-corrected chi connectivity index (χ4v) is 9.95. The summed E-state index contributed by atoms with van der Waals surface area (Å²) in [5, 5.41) is 10.1. The molecule has 0 saturated heterocycles. The van der Waals surface area contributed by atoms with Crippen molar-refractivity contribution in [2.75, 3.05) is 4.90 Å². The lowest BCUT2D eigenvalue weighted by Gasteiger charge is -2.26. The molecule has 2 nitrogen and oxygen atoms in total. The van der Waals surface area contributed by atoms with E-state index < -0.39 is 0 Å². The molecule has 8 aromatic carbocycles. The average Bonchev–Trinajstić information content (AvgIpc) is 3.86. The van der Waals surface area contributed by atoms with Gasteiger partial charge in [-0.15, -0.1) is 22.7 Å². The van der Waals surface area contributed by atoms with Crippen molar-refractivity contribution in [3.63, 3.8) is 0 Å². The first kappa shape index (κ1) is 28.0. The summed E-state index contributed by atoms with van der Waals surface area (Å²) in [6.07, 6.45) is 0. The van der Waals surface area contributed by atoms with Crippen molar-refractivity contribution < 1.29 is 4.42 Å². The summed E-state index contributed by atoms with van der Waals surface area (Å²) in [5.41, 5.74) is 7.47. The molecule has 3 aromatic heterocycles. The maximum Gasteiger partial charge on any atom is 0.137 e. The van der Waals surface area contributed by atoms with E-state index in [-0.39, 0.29) is 0 Å². The Kier molecular flexibility index (Phi) is 6.03. The van der Waals surface area contributed by atoms with Crippen LogP contribution in [0.2, 0.25) is 0 Å². The molecule has 11 rings (SSSR count). The van der Waals surface area contributed by atoms with Gasteiger partial charge in [0.05, 0.1) is 0 Å². The third-order valence-corrected chi connectivity index (χ3v) is 12.4. The summed E-state index contributed by atoms with van der Waals surface area (Å²) in [5.74, 6) is 0. The van der Waals surface area contributed by atoms with Gasteiger partial charge in [-0.05, 0) is 83.2 Å². The number of fused-ring (bicyclic) bond motifs is 11. The quantitative estimate of drug-likeness (QED) is 0.185. The van der Waals surface area contributed by atoms with Gasteiger partial charge < -0.3 is 9.32 Å². The molecule has 0 aliphatic carbocycles. The zero-order valence-corrected chi connectivity index (χ0v) is 28.4. The highest BCUT2D eigenvalue weighted by Gasteiger charge is 2.18. The van der Waals surface area contributed by atoms with Crippen LogP contribution in [0.4, 0.5) is 17.1 Å². The molecule has 0 radical (unpaired) electrons. The van der Waals surface area contributed by atoms with E-state index in [1.165, 1.54) is 62.2 Å². The van der Waals surface area contributed by atoms with Gasteiger partial charge in [0.25, 0.3) is 0 Å². The van der Waals surface area contributed by atoms with Crippen LogP contribution in [0.25, 0.3) is 84.2 Å². The first-order valence-electron chi connectivity index (χ1n) is 16.8. The predicted molar refractivity (Wildman–Crippen MR) is 217 cm³/mol.